The number of carbonyl (C=O) groups is 1. The van der Waals surface area contributed by atoms with Crippen LogP contribution < -0.4 is 5.32 Å². The Balaban J connectivity index is 2.87. The number of hydrogen-bond acceptors (Lipinski definition) is 3. The van der Waals surface area contributed by atoms with Crippen LogP contribution in [0.3, 0.4) is 0 Å². The zero-order chi connectivity index (χ0) is 13.7. The van der Waals surface area contributed by atoms with Gasteiger partial charge in [-0.3, -0.25) is 4.79 Å². The minimum atomic E-state index is -0.231. The van der Waals surface area contributed by atoms with Gasteiger partial charge in [0, 0.05) is 12.0 Å². The molecule has 1 N–H and O–H groups in total. The predicted octanol–water partition coefficient (Wildman–Crippen LogP) is 3.17. The summed E-state index contributed by atoms with van der Waals surface area (Å²) in [5.41, 5.74) is 0.262. The summed E-state index contributed by atoms with van der Waals surface area (Å²) < 4.78 is 0. The van der Waals surface area contributed by atoms with Gasteiger partial charge in [-0.2, -0.15) is 0 Å². The van der Waals surface area contributed by atoms with E-state index in [-0.39, 0.29) is 23.6 Å². The fraction of sp³-hybridized carbons (Fsp3) is 0.615. The van der Waals surface area contributed by atoms with E-state index in [4.69, 9.17) is 11.6 Å². The molecule has 0 aliphatic rings. The molecule has 1 heterocycles. The number of rotatable bonds is 5. The molecule has 100 valence electrons. The van der Waals surface area contributed by atoms with Crippen molar-refractivity contribution in [1.29, 1.82) is 0 Å². The molecule has 1 aromatic heterocycles. The first-order chi connectivity index (χ1) is 8.45. The van der Waals surface area contributed by atoms with Crippen LogP contribution in [0.2, 0.25) is 5.02 Å². The second-order valence-electron chi connectivity index (χ2n) is 4.74. The molecule has 1 unspecified atom stereocenters. The van der Waals surface area contributed by atoms with Crippen molar-refractivity contribution < 1.29 is 4.79 Å². The lowest BCUT2D eigenvalue weighted by Crippen LogP contribution is -2.33. The van der Waals surface area contributed by atoms with Crippen LogP contribution >= 0.6 is 11.6 Å². The molecular formula is C13H20ClN3O. The SMILES string of the molecule is CCCC(C)NC(=O)c1nc(C(C)C)ncc1Cl. The second kappa shape index (κ2) is 6.69. The van der Waals surface area contributed by atoms with Gasteiger partial charge in [-0.1, -0.05) is 38.8 Å². The molecule has 0 saturated heterocycles. The Morgan fingerprint density at radius 1 is 1.44 bits per heavy atom. The molecule has 0 spiro atoms. The van der Waals surface area contributed by atoms with E-state index in [9.17, 15) is 4.79 Å². The molecule has 0 radical (unpaired) electrons. The fourth-order valence-corrected chi connectivity index (χ4v) is 1.79. The zero-order valence-corrected chi connectivity index (χ0v) is 12.1. The van der Waals surface area contributed by atoms with E-state index in [1.165, 1.54) is 6.20 Å². The summed E-state index contributed by atoms with van der Waals surface area (Å²) in [6, 6.07) is 0.121. The Kier molecular flexibility index (Phi) is 5.54. The van der Waals surface area contributed by atoms with Gasteiger partial charge in [0.15, 0.2) is 0 Å². The molecule has 1 amide bonds. The monoisotopic (exact) mass is 269 g/mol. The number of nitrogens with one attached hydrogen (secondary N) is 1. The van der Waals surface area contributed by atoms with Crippen molar-refractivity contribution in [2.24, 2.45) is 0 Å². The molecule has 0 aliphatic carbocycles. The molecule has 0 aliphatic heterocycles. The third-order valence-corrected chi connectivity index (χ3v) is 2.87. The summed E-state index contributed by atoms with van der Waals surface area (Å²) in [7, 11) is 0. The topological polar surface area (TPSA) is 54.9 Å². The molecule has 1 atom stereocenters. The van der Waals surface area contributed by atoms with Crippen molar-refractivity contribution in [3.63, 3.8) is 0 Å². The van der Waals surface area contributed by atoms with Crippen LogP contribution in [-0.2, 0) is 0 Å². The van der Waals surface area contributed by atoms with E-state index in [2.05, 4.69) is 22.2 Å². The minimum absolute atomic E-state index is 0.121. The first kappa shape index (κ1) is 14.9. The van der Waals surface area contributed by atoms with Gasteiger partial charge in [-0.25, -0.2) is 9.97 Å². The molecule has 0 fully saturated rings. The summed E-state index contributed by atoms with van der Waals surface area (Å²) in [6.07, 6.45) is 3.45. The number of aromatic nitrogens is 2. The lowest BCUT2D eigenvalue weighted by Gasteiger charge is -2.13. The summed E-state index contributed by atoms with van der Waals surface area (Å²) >= 11 is 5.97. The molecule has 0 bridgehead atoms. The fourth-order valence-electron chi connectivity index (χ4n) is 1.62. The summed E-state index contributed by atoms with van der Waals surface area (Å²) in [5.74, 6) is 0.569. The zero-order valence-electron chi connectivity index (χ0n) is 11.3. The van der Waals surface area contributed by atoms with Crippen LogP contribution in [0.1, 0.15) is 62.8 Å². The first-order valence-corrected chi connectivity index (χ1v) is 6.66. The van der Waals surface area contributed by atoms with Crippen molar-refractivity contribution in [3.05, 3.63) is 22.7 Å². The highest BCUT2D eigenvalue weighted by Crippen LogP contribution is 2.16. The Bertz CT molecular complexity index is 421. The van der Waals surface area contributed by atoms with E-state index in [1.54, 1.807) is 0 Å². The number of nitrogens with zero attached hydrogens (tertiary/aromatic N) is 2. The normalized spacial score (nSPS) is 12.6. The molecular weight excluding hydrogens is 250 g/mol. The second-order valence-corrected chi connectivity index (χ2v) is 5.15. The average Bonchev–Trinajstić information content (AvgIpc) is 2.29. The Hall–Kier alpha value is -1.16. The van der Waals surface area contributed by atoms with Gasteiger partial charge in [0.05, 0.1) is 11.2 Å². The lowest BCUT2D eigenvalue weighted by molar-refractivity contribution is 0.0933. The van der Waals surface area contributed by atoms with Gasteiger partial charge in [0.1, 0.15) is 11.5 Å². The van der Waals surface area contributed by atoms with Crippen molar-refractivity contribution in [3.8, 4) is 0 Å². The van der Waals surface area contributed by atoms with Crippen LogP contribution in [-0.4, -0.2) is 21.9 Å². The number of hydrogen-bond donors (Lipinski definition) is 1. The maximum atomic E-state index is 12.0. The van der Waals surface area contributed by atoms with E-state index in [1.807, 2.05) is 20.8 Å². The van der Waals surface area contributed by atoms with Crippen molar-refractivity contribution in [2.45, 2.75) is 52.5 Å². The molecule has 5 heteroatoms. The maximum absolute atomic E-state index is 12.0. The molecule has 4 nitrogen and oxygen atoms in total. The van der Waals surface area contributed by atoms with Crippen LogP contribution in [0, 0.1) is 0 Å². The molecule has 1 aromatic rings. The Labute approximate surface area is 113 Å². The lowest BCUT2D eigenvalue weighted by atomic mass is 10.2. The third kappa shape index (κ3) is 3.95. The molecule has 1 rings (SSSR count). The maximum Gasteiger partial charge on any atom is 0.271 e. The van der Waals surface area contributed by atoms with Crippen LogP contribution in [0.4, 0.5) is 0 Å². The Morgan fingerprint density at radius 3 is 2.67 bits per heavy atom. The number of halogens is 1. The van der Waals surface area contributed by atoms with E-state index < -0.39 is 0 Å². The minimum Gasteiger partial charge on any atom is -0.348 e. The van der Waals surface area contributed by atoms with Crippen molar-refractivity contribution in [1.82, 2.24) is 15.3 Å². The summed E-state index contributed by atoms with van der Waals surface area (Å²) in [5, 5.41) is 3.18. The first-order valence-electron chi connectivity index (χ1n) is 6.29. The van der Waals surface area contributed by atoms with Crippen LogP contribution in [0.5, 0.6) is 0 Å². The van der Waals surface area contributed by atoms with Gasteiger partial charge in [-0.05, 0) is 13.3 Å². The summed E-state index contributed by atoms with van der Waals surface area (Å²) in [4.78, 5) is 20.4. The van der Waals surface area contributed by atoms with Crippen molar-refractivity contribution in [2.75, 3.05) is 0 Å². The quantitative estimate of drug-likeness (QED) is 0.893. The highest BCUT2D eigenvalue weighted by atomic mass is 35.5. The van der Waals surface area contributed by atoms with Crippen molar-refractivity contribution >= 4 is 17.5 Å². The van der Waals surface area contributed by atoms with Gasteiger partial charge in [0.2, 0.25) is 0 Å². The van der Waals surface area contributed by atoms with Gasteiger partial charge in [0.25, 0.3) is 5.91 Å². The van der Waals surface area contributed by atoms with Gasteiger partial charge >= 0.3 is 0 Å². The third-order valence-electron chi connectivity index (χ3n) is 2.59. The number of carbonyl (C=O) groups excluding carboxylic acids is 1. The average molecular weight is 270 g/mol. The van der Waals surface area contributed by atoms with E-state index >= 15 is 0 Å². The standard InChI is InChI=1S/C13H20ClN3O/c1-5-6-9(4)16-13(18)11-10(14)7-15-12(17-11)8(2)3/h7-9H,5-6H2,1-4H3,(H,16,18). The Morgan fingerprint density at radius 2 is 2.11 bits per heavy atom. The smallest absolute Gasteiger partial charge is 0.271 e. The molecule has 0 saturated carbocycles. The summed E-state index contributed by atoms with van der Waals surface area (Å²) in [6.45, 7) is 8.01. The molecule has 0 aromatic carbocycles. The van der Waals surface area contributed by atoms with Gasteiger partial charge in [-0.15, -0.1) is 0 Å². The van der Waals surface area contributed by atoms with E-state index in [0.717, 1.165) is 12.8 Å². The highest BCUT2D eigenvalue weighted by molar-refractivity contribution is 6.33. The van der Waals surface area contributed by atoms with E-state index in [0.29, 0.717) is 10.8 Å². The van der Waals surface area contributed by atoms with Gasteiger partial charge < -0.3 is 5.32 Å². The predicted molar refractivity (Wildman–Crippen MR) is 73.0 cm³/mol. The largest absolute Gasteiger partial charge is 0.348 e. The molecule has 18 heavy (non-hydrogen) atoms. The highest BCUT2D eigenvalue weighted by Gasteiger charge is 2.16. The van der Waals surface area contributed by atoms with Crippen LogP contribution in [0.25, 0.3) is 0 Å². The number of amides is 1. The van der Waals surface area contributed by atoms with Crippen LogP contribution in [0.15, 0.2) is 6.20 Å².